The van der Waals surface area contributed by atoms with Gasteiger partial charge >= 0.3 is 0 Å². The fraction of sp³-hybridized carbons (Fsp3) is 0.294. The molecule has 1 atom stereocenters. The summed E-state index contributed by atoms with van der Waals surface area (Å²) in [5, 5.41) is 3.42. The average Bonchev–Trinajstić information content (AvgIpc) is 2.47. The minimum atomic E-state index is -3.18. The van der Waals surface area contributed by atoms with Gasteiger partial charge in [-0.25, -0.2) is 12.8 Å². The first-order chi connectivity index (χ1) is 10.4. The van der Waals surface area contributed by atoms with Gasteiger partial charge in [-0.05, 0) is 66.8 Å². The van der Waals surface area contributed by atoms with Crippen LogP contribution in [0.1, 0.15) is 30.0 Å². The van der Waals surface area contributed by atoms with Crippen LogP contribution in [0.2, 0.25) is 0 Å². The molecule has 0 aromatic heterocycles. The van der Waals surface area contributed by atoms with Crippen LogP contribution in [0.5, 0.6) is 0 Å². The maximum absolute atomic E-state index is 13.3. The highest BCUT2D eigenvalue weighted by atomic mass is 32.2. The summed E-state index contributed by atoms with van der Waals surface area (Å²) in [5.41, 5.74) is 3.05. The molecule has 1 unspecified atom stereocenters. The fourth-order valence-electron chi connectivity index (χ4n) is 2.93. The van der Waals surface area contributed by atoms with Gasteiger partial charge in [0, 0.05) is 11.9 Å². The first kappa shape index (κ1) is 15.0. The molecule has 0 bridgehead atoms. The van der Waals surface area contributed by atoms with Crippen molar-refractivity contribution in [3.05, 3.63) is 59.4 Å². The van der Waals surface area contributed by atoms with Crippen molar-refractivity contribution in [1.29, 1.82) is 0 Å². The third-order valence-corrected chi connectivity index (χ3v) is 5.17. The van der Waals surface area contributed by atoms with E-state index >= 15 is 0 Å². The molecule has 1 N–H and O–H groups in total. The molecule has 3 nitrogen and oxygen atoms in total. The normalized spacial score (nSPS) is 17.8. The first-order valence-electron chi connectivity index (χ1n) is 7.28. The largest absolute Gasteiger partial charge is 0.378 e. The quantitative estimate of drug-likeness (QED) is 0.938. The van der Waals surface area contributed by atoms with E-state index in [0.717, 1.165) is 36.1 Å². The van der Waals surface area contributed by atoms with E-state index in [1.807, 2.05) is 6.07 Å². The van der Waals surface area contributed by atoms with Crippen LogP contribution in [0, 0.1) is 5.82 Å². The van der Waals surface area contributed by atoms with Gasteiger partial charge in [-0.15, -0.1) is 0 Å². The number of nitrogens with one attached hydrogen (secondary N) is 1. The van der Waals surface area contributed by atoms with Gasteiger partial charge in [0.15, 0.2) is 9.84 Å². The summed E-state index contributed by atoms with van der Waals surface area (Å²) in [6.45, 7) is 0. The Morgan fingerprint density at radius 2 is 1.86 bits per heavy atom. The van der Waals surface area contributed by atoms with E-state index in [4.69, 9.17) is 0 Å². The first-order valence-corrected chi connectivity index (χ1v) is 9.17. The SMILES string of the molecule is CS(=O)(=O)c1ccc(NC2CCCc3cc(F)ccc32)cc1. The molecule has 5 heteroatoms. The van der Waals surface area contributed by atoms with E-state index in [1.165, 1.54) is 12.3 Å². The van der Waals surface area contributed by atoms with Crippen molar-refractivity contribution in [2.75, 3.05) is 11.6 Å². The molecule has 3 rings (SSSR count). The van der Waals surface area contributed by atoms with Gasteiger partial charge in [-0.3, -0.25) is 0 Å². The van der Waals surface area contributed by atoms with Crippen molar-refractivity contribution in [2.24, 2.45) is 0 Å². The molecule has 0 fully saturated rings. The summed E-state index contributed by atoms with van der Waals surface area (Å²) in [5.74, 6) is -0.197. The van der Waals surface area contributed by atoms with E-state index in [2.05, 4.69) is 5.32 Å². The molecule has 22 heavy (non-hydrogen) atoms. The van der Waals surface area contributed by atoms with E-state index < -0.39 is 9.84 Å². The van der Waals surface area contributed by atoms with E-state index in [-0.39, 0.29) is 11.9 Å². The van der Waals surface area contributed by atoms with E-state index in [0.29, 0.717) is 4.90 Å². The highest BCUT2D eigenvalue weighted by Crippen LogP contribution is 2.33. The third kappa shape index (κ3) is 3.14. The van der Waals surface area contributed by atoms with Crippen molar-refractivity contribution >= 4 is 15.5 Å². The topological polar surface area (TPSA) is 46.2 Å². The van der Waals surface area contributed by atoms with Crippen molar-refractivity contribution in [3.63, 3.8) is 0 Å². The molecule has 0 saturated heterocycles. The number of hydrogen-bond acceptors (Lipinski definition) is 3. The molecule has 1 aliphatic carbocycles. The molecule has 0 heterocycles. The van der Waals surface area contributed by atoms with Gasteiger partial charge < -0.3 is 5.32 Å². The number of aryl methyl sites for hydroxylation is 1. The van der Waals surface area contributed by atoms with Gasteiger partial charge in [-0.1, -0.05) is 6.07 Å². The van der Waals surface area contributed by atoms with Gasteiger partial charge in [0.2, 0.25) is 0 Å². The lowest BCUT2D eigenvalue weighted by molar-refractivity contribution is 0.582. The van der Waals surface area contributed by atoms with Crippen LogP contribution in [0.4, 0.5) is 10.1 Å². The zero-order chi connectivity index (χ0) is 15.7. The lowest BCUT2D eigenvalue weighted by Gasteiger charge is -2.27. The number of anilines is 1. The summed E-state index contributed by atoms with van der Waals surface area (Å²) in [7, 11) is -3.18. The van der Waals surface area contributed by atoms with Crippen LogP contribution in [0.25, 0.3) is 0 Å². The van der Waals surface area contributed by atoms with Crippen LogP contribution in [0.15, 0.2) is 47.4 Å². The smallest absolute Gasteiger partial charge is 0.175 e. The Morgan fingerprint density at radius 1 is 1.14 bits per heavy atom. The number of rotatable bonds is 3. The Bertz CT molecular complexity index is 785. The minimum Gasteiger partial charge on any atom is -0.378 e. The molecular formula is C17H18FNO2S. The van der Waals surface area contributed by atoms with Crippen molar-refractivity contribution in [2.45, 2.75) is 30.2 Å². The summed E-state index contributed by atoms with van der Waals surface area (Å²) in [6.07, 6.45) is 4.08. The van der Waals surface area contributed by atoms with Crippen molar-refractivity contribution < 1.29 is 12.8 Å². The summed E-state index contributed by atoms with van der Waals surface area (Å²) < 4.78 is 36.3. The zero-order valence-electron chi connectivity index (χ0n) is 12.3. The van der Waals surface area contributed by atoms with Crippen molar-refractivity contribution in [1.82, 2.24) is 0 Å². The van der Waals surface area contributed by atoms with Crippen molar-refractivity contribution in [3.8, 4) is 0 Å². The highest BCUT2D eigenvalue weighted by Gasteiger charge is 2.20. The summed E-state index contributed by atoms with van der Waals surface area (Å²) in [6, 6.07) is 11.8. The lowest BCUT2D eigenvalue weighted by atomic mass is 9.87. The average molecular weight is 319 g/mol. The molecule has 116 valence electrons. The second-order valence-corrected chi connectivity index (χ2v) is 7.74. The van der Waals surface area contributed by atoms with Gasteiger partial charge in [0.05, 0.1) is 10.9 Å². The van der Waals surface area contributed by atoms with Crippen LogP contribution < -0.4 is 5.32 Å². The maximum atomic E-state index is 13.3. The van der Waals surface area contributed by atoms with Gasteiger partial charge in [0.25, 0.3) is 0 Å². The molecule has 0 saturated carbocycles. The van der Waals surface area contributed by atoms with Crippen LogP contribution in [-0.2, 0) is 16.3 Å². The molecule has 0 spiro atoms. The number of halogens is 1. The predicted molar refractivity (Wildman–Crippen MR) is 85.3 cm³/mol. The highest BCUT2D eigenvalue weighted by molar-refractivity contribution is 7.90. The predicted octanol–water partition coefficient (Wildman–Crippen LogP) is 3.72. The number of benzene rings is 2. The second-order valence-electron chi connectivity index (χ2n) is 5.73. The Morgan fingerprint density at radius 3 is 2.55 bits per heavy atom. The molecule has 0 radical (unpaired) electrons. The Balaban J connectivity index is 1.83. The van der Waals surface area contributed by atoms with Gasteiger partial charge in [-0.2, -0.15) is 0 Å². The Kier molecular flexibility index (Phi) is 3.91. The molecular weight excluding hydrogens is 301 g/mol. The van der Waals surface area contributed by atoms with E-state index in [1.54, 1.807) is 30.3 Å². The summed E-state index contributed by atoms with van der Waals surface area (Å²) in [4.78, 5) is 0.309. The number of sulfone groups is 1. The Labute approximate surface area is 130 Å². The monoisotopic (exact) mass is 319 g/mol. The number of hydrogen-bond donors (Lipinski definition) is 1. The third-order valence-electron chi connectivity index (χ3n) is 4.04. The van der Waals surface area contributed by atoms with Crippen LogP contribution in [-0.4, -0.2) is 14.7 Å². The fourth-order valence-corrected chi connectivity index (χ4v) is 3.56. The summed E-state index contributed by atoms with van der Waals surface area (Å²) >= 11 is 0. The second kappa shape index (κ2) is 5.72. The molecule has 2 aromatic carbocycles. The van der Waals surface area contributed by atoms with E-state index in [9.17, 15) is 12.8 Å². The van der Waals surface area contributed by atoms with Gasteiger partial charge in [0.1, 0.15) is 5.82 Å². The van der Waals surface area contributed by atoms with Crippen LogP contribution in [0.3, 0.4) is 0 Å². The molecule has 2 aromatic rings. The maximum Gasteiger partial charge on any atom is 0.175 e. The molecule has 0 amide bonds. The van der Waals surface area contributed by atoms with Crippen LogP contribution >= 0.6 is 0 Å². The minimum absolute atomic E-state index is 0.133. The molecule has 1 aliphatic rings. The standard InChI is InChI=1S/C17H18FNO2S/c1-22(20,21)15-8-6-14(7-9-15)19-17-4-2-3-12-11-13(18)5-10-16(12)17/h5-11,17,19H,2-4H2,1H3. The zero-order valence-corrected chi connectivity index (χ0v) is 13.2. The lowest BCUT2D eigenvalue weighted by Crippen LogP contribution is -2.17. The Hall–Kier alpha value is -1.88. The number of fused-ring (bicyclic) bond motifs is 1. The molecule has 0 aliphatic heterocycles.